The normalized spacial score (nSPS) is 10.5. The Morgan fingerprint density at radius 1 is 0.941 bits per heavy atom. The van der Waals surface area contributed by atoms with Crippen LogP contribution < -0.4 is 0 Å². The van der Waals surface area contributed by atoms with Crippen molar-refractivity contribution in [2.75, 3.05) is 12.4 Å². The van der Waals surface area contributed by atoms with Crippen LogP contribution in [0.5, 0.6) is 0 Å². The van der Waals surface area contributed by atoms with E-state index in [9.17, 15) is 4.79 Å². The summed E-state index contributed by atoms with van der Waals surface area (Å²) < 4.78 is 4.95. The van der Waals surface area contributed by atoms with Gasteiger partial charge in [0.1, 0.15) is 6.61 Å². The average molecular weight is 260 g/mol. The zero-order valence-corrected chi connectivity index (χ0v) is 12.1. The fourth-order valence-corrected chi connectivity index (χ4v) is 1.90. The first kappa shape index (κ1) is 16.8. The summed E-state index contributed by atoms with van der Waals surface area (Å²) in [7, 11) is 0. The number of hydrogen-bond acceptors (Lipinski definition) is 3. The van der Waals surface area contributed by atoms with Crippen molar-refractivity contribution in [3.05, 3.63) is 0 Å². The number of thiol groups is 1. The number of ether oxygens (including phenoxy) is 1. The third kappa shape index (κ3) is 13.8. The molecule has 0 rings (SSSR count). The minimum Gasteiger partial charge on any atom is -0.465 e. The summed E-state index contributed by atoms with van der Waals surface area (Å²) in [6.45, 7) is 2.69. The van der Waals surface area contributed by atoms with Gasteiger partial charge in [-0.1, -0.05) is 58.3 Å². The molecule has 0 unspecified atom stereocenters. The summed E-state index contributed by atoms with van der Waals surface area (Å²) >= 11 is 3.99. The molecule has 0 aliphatic rings. The van der Waals surface area contributed by atoms with E-state index in [1.165, 1.54) is 44.9 Å². The largest absolute Gasteiger partial charge is 0.465 e. The number of unbranched alkanes of at least 4 members (excludes halogenated alkanes) is 8. The van der Waals surface area contributed by atoms with Crippen molar-refractivity contribution in [1.29, 1.82) is 0 Å². The first-order valence-corrected chi connectivity index (χ1v) is 7.71. The van der Waals surface area contributed by atoms with Crippen molar-refractivity contribution in [2.24, 2.45) is 0 Å². The summed E-state index contributed by atoms with van der Waals surface area (Å²) in [5.74, 6) is 0.547. The SMILES string of the molecule is CCCCCCCCCCCC(=O)OCCS. The van der Waals surface area contributed by atoms with Gasteiger partial charge in [0, 0.05) is 12.2 Å². The average Bonchev–Trinajstić information content (AvgIpc) is 2.34. The molecule has 102 valence electrons. The van der Waals surface area contributed by atoms with Crippen molar-refractivity contribution in [3.8, 4) is 0 Å². The molecule has 0 aromatic heterocycles. The van der Waals surface area contributed by atoms with Gasteiger partial charge in [-0.15, -0.1) is 0 Å². The van der Waals surface area contributed by atoms with Gasteiger partial charge in [0.25, 0.3) is 0 Å². The summed E-state index contributed by atoms with van der Waals surface area (Å²) in [5.41, 5.74) is 0. The molecule has 17 heavy (non-hydrogen) atoms. The van der Waals surface area contributed by atoms with Crippen LogP contribution >= 0.6 is 12.6 Å². The van der Waals surface area contributed by atoms with Gasteiger partial charge in [0.15, 0.2) is 0 Å². The second-order valence-electron chi connectivity index (χ2n) is 4.52. The van der Waals surface area contributed by atoms with Gasteiger partial charge in [-0.2, -0.15) is 12.6 Å². The summed E-state index contributed by atoms with van der Waals surface area (Å²) in [4.78, 5) is 11.2. The zero-order valence-electron chi connectivity index (χ0n) is 11.2. The van der Waals surface area contributed by atoms with Crippen LogP contribution in [0.1, 0.15) is 71.1 Å². The van der Waals surface area contributed by atoms with Crippen molar-refractivity contribution in [1.82, 2.24) is 0 Å². The number of carbonyl (C=O) groups excluding carboxylic acids is 1. The lowest BCUT2D eigenvalue weighted by Gasteiger charge is -2.03. The predicted octanol–water partition coefficient (Wildman–Crippen LogP) is 4.38. The van der Waals surface area contributed by atoms with E-state index in [0.29, 0.717) is 18.8 Å². The van der Waals surface area contributed by atoms with Crippen molar-refractivity contribution in [3.63, 3.8) is 0 Å². The molecule has 0 aliphatic heterocycles. The summed E-state index contributed by atoms with van der Waals surface area (Å²) in [6.07, 6.45) is 12.1. The van der Waals surface area contributed by atoms with Crippen LogP contribution in [-0.4, -0.2) is 18.3 Å². The molecule has 2 nitrogen and oxygen atoms in total. The predicted molar refractivity (Wildman–Crippen MR) is 76.7 cm³/mol. The highest BCUT2D eigenvalue weighted by atomic mass is 32.1. The monoisotopic (exact) mass is 260 g/mol. The van der Waals surface area contributed by atoms with Crippen LogP contribution in [0.2, 0.25) is 0 Å². The minimum absolute atomic E-state index is 0.0676. The maximum absolute atomic E-state index is 11.2. The highest BCUT2D eigenvalue weighted by molar-refractivity contribution is 7.80. The topological polar surface area (TPSA) is 26.3 Å². The lowest BCUT2D eigenvalue weighted by Crippen LogP contribution is -2.06. The van der Waals surface area contributed by atoms with Crippen LogP contribution in [0.25, 0.3) is 0 Å². The second-order valence-corrected chi connectivity index (χ2v) is 4.97. The molecular weight excluding hydrogens is 232 g/mol. The van der Waals surface area contributed by atoms with E-state index in [-0.39, 0.29) is 5.97 Å². The first-order chi connectivity index (χ1) is 8.31. The van der Waals surface area contributed by atoms with Gasteiger partial charge in [-0.25, -0.2) is 0 Å². The van der Waals surface area contributed by atoms with Crippen LogP contribution in [0.15, 0.2) is 0 Å². The third-order valence-electron chi connectivity index (χ3n) is 2.84. The maximum atomic E-state index is 11.2. The van der Waals surface area contributed by atoms with Gasteiger partial charge in [0.05, 0.1) is 0 Å². The van der Waals surface area contributed by atoms with Crippen LogP contribution in [0.4, 0.5) is 0 Å². The summed E-state index contributed by atoms with van der Waals surface area (Å²) in [5, 5.41) is 0. The molecule has 0 heterocycles. The molecule has 0 atom stereocenters. The van der Waals surface area contributed by atoms with Gasteiger partial charge < -0.3 is 4.74 Å². The summed E-state index contributed by atoms with van der Waals surface area (Å²) in [6, 6.07) is 0. The maximum Gasteiger partial charge on any atom is 0.305 e. The number of rotatable bonds is 12. The van der Waals surface area contributed by atoms with E-state index in [4.69, 9.17) is 4.74 Å². The molecule has 0 aliphatic carbocycles. The molecule has 0 saturated carbocycles. The number of carbonyl (C=O) groups is 1. The molecule has 0 fully saturated rings. The fourth-order valence-electron chi connectivity index (χ4n) is 1.81. The van der Waals surface area contributed by atoms with E-state index < -0.39 is 0 Å². The quantitative estimate of drug-likeness (QED) is 0.320. The molecule has 0 aromatic carbocycles. The molecule has 0 saturated heterocycles. The molecule has 0 spiro atoms. The van der Waals surface area contributed by atoms with Gasteiger partial charge in [0.2, 0.25) is 0 Å². The molecule has 3 heteroatoms. The highest BCUT2D eigenvalue weighted by Gasteiger charge is 2.01. The Labute approximate surface area is 112 Å². The molecule has 0 amide bonds. The number of hydrogen-bond donors (Lipinski definition) is 1. The van der Waals surface area contributed by atoms with E-state index in [1.54, 1.807) is 0 Å². The first-order valence-electron chi connectivity index (χ1n) is 7.07. The Kier molecular flexibility index (Phi) is 13.7. The lowest BCUT2D eigenvalue weighted by molar-refractivity contribution is -0.143. The second kappa shape index (κ2) is 13.9. The van der Waals surface area contributed by atoms with Crippen molar-refractivity contribution < 1.29 is 9.53 Å². The zero-order chi connectivity index (χ0) is 12.8. The highest BCUT2D eigenvalue weighted by Crippen LogP contribution is 2.10. The Morgan fingerprint density at radius 3 is 2.00 bits per heavy atom. The van der Waals surface area contributed by atoms with E-state index >= 15 is 0 Å². The molecule has 0 bridgehead atoms. The fraction of sp³-hybridized carbons (Fsp3) is 0.929. The molecule has 0 N–H and O–H groups in total. The van der Waals surface area contributed by atoms with Gasteiger partial charge >= 0.3 is 5.97 Å². The number of esters is 1. The molecular formula is C14H28O2S. The standard InChI is InChI=1S/C14H28O2S/c1-2-3-4-5-6-7-8-9-10-11-14(15)16-12-13-17/h17H,2-13H2,1H3. The van der Waals surface area contributed by atoms with Crippen LogP contribution in [-0.2, 0) is 9.53 Å². The van der Waals surface area contributed by atoms with Gasteiger partial charge in [-0.3, -0.25) is 4.79 Å². The Morgan fingerprint density at radius 2 is 1.47 bits per heavy atom. The van der Waals surface area contributed by atoms with E-state index in [2.05, 4.69) is 19.6 Å². The van der Waals surface area contributed by atoms with Crippen LogP contribution in [0, 0.1) is 0 Å². The molecule has 0 radical (unpaired) electrons. The van der Waals surface area contributed by atoms with Crippen LogP contribution in [0.3, 0.4) is 0 Å². The Balaban J connectivity index is 3.05. The third-order valence-corrected chi connectivity index (χ3v) is 3.02. The Bertz CT molecular complexity index is 172. The van der Waals surface area contributed by atoms with E-state index in [1.807, 2.05) is 0 Å². The smallest absolute Gasteiger partial charge is 0.305 e. The van der Waals surface area contributed by atoms with Crippen molar-refractivity contribution in [2.45, 2.75) is 71.1 Å². The minimum atomic E-state index is -0.0676. The van der Waals surface area contributed by atoms with Gasteiger partial charge in [-0.05, 0) is 6.42 Å². The molecule has 0 aromatic rings. The Hall–Kier alpha value is -0.180. The van der Waals surface area contributed by atoms with E-state index in [0.717, 1.165) is 12.8 Å². The lowest BCUT2D eigenvalue weighted by atomic mass is 10.1. The van der Waals surface area contributed by atoms with Crippen molar-refractivity contribution >= 4 is 18.6 Å².